The van der Waals surface area contributed by atoms with Gasteiger partial charge in [0.15, 0.2) is 0 Å². The number of aromatic nitrogens is 1. The molecule has 11 heteroatoms. The maximum atomic E-state index is 12.8. The molecule has 1 aromatic heterocycles. The van der Waals surface area contributed by atoms with Crippen LogP contribution in [-0.2, 0) is 0 Å². The molecule has 1 aromatic rings. The molecule has 5 N–H and O–H groups in total. The number of fused-ring (bicyclic) bond motifs is 1. The number of aliphatic imine (C=N–C) groups is 2. The van der Waals surface area contributed by atoms with E-state index in [0.29, 0.717) is 5.84 Å². The second-order valence-corrected chi connectivity index (χ2v) is 6.66. The van der Waals surface area contributed by atoms with Crippen molar-refractivity contribution in [3.63, 3.8) is 0 Å². The van der Waals surface area contributed by atoms with Gasteiger partial charge in [0, 0.05) is 5.54 Å². The summed E-state index contributed by atoms with van der Waals surface area (Å²) in [5.41, 5.74) is 8.70. The number of pyridine rings is 1. The number of halogens is 2. The number of nitrogens with two attached hydrogens (primary N) is 1. The predicted molar refractivity (Wildman–Crippen MR) is 102 cm³/mol. The van der Waals surface area contributed by atoms with Crippen LogP contribution in [0, 0.1) is 0 Å². The van der Waals surface area contributed by atoms with E-state index in [2.05, 4.69) is 26.0 Å². The molecule has 1 amide bonds. The van der Waals surface area contributed by atoms with Crippen molar-refractivity contribution in [2.24, 2.45) is 15.7 Å². The van der Waals surface area contributed by atoms with Crippen molar-refractivity contribution in [3.8, 4) is 0 Å². The zero-order valence-electron chi connectivity index (χ0n) is 13.8. The van der Waals surface area contributed by atoms with Crippen LogP contribution in [0.2, 0.25) is 5.02 Å². The summed E-state index contributed by atoms with van der Waals surface area (Å²) in [4.78, 5) is 32.9. The van der Waals surface area contributed by atoms with Crippen LogP contribution < -0.4 is 27.4 Å². The van der Waals surface area contributed by atoms with E-state index in [4.69, 9.17) is 28.9 Å². The largest absolute Gasteiger partial charge is 0.387 e. The fraction of sp³-hybridized carbons (Fsp3) is 0.333. The number of nitrogens with zero attached hydrogens (tertiary/aromatic N) is 3. The van der Waals surface area contributed by atoms with Gasteiger partial charge in [-0.25, -0.2) is 14.7 Å². The Hall–Kier alpha value is -2.52. The van der Waals surface area contributed by atoms with Crippen LogP contribution >= 0.6 is 23.2 Å². The van der Waals surface area contributed by atoms with Crippen molar-refractivity contribution >= 4 is 47.0 Å². The van der Waals surface area contributed by atoms with Crippen molar-refractivity contribution < 1.29 is 4.79 Å². The Kier molecular flexibility index (Phi) is 4.92. The molecule has 0 atom stereocenters. The minimum Gasteiger partial charge on any atom is -0.387 e. The van der Waals surface area contributed by atoms with Crippen molar-refractivity contribution in [3.05, 3.63) is 38.5 Å². The third-order valence-corrected chi connectivity index (χ3v) is 4.57. The Labute approximate surface area is 158 Å². The average molecular weight is 398 g/mol. The molecule has 0 aromatic carbocycles. The van der Waals surface area contributed by atoms with Gasteiger partial charge in [0.2, 0.25) is 0 Å². The third-order valence-electron chi connectivity index (χ3n) is 4.08. The van der Waals surface area contributed by atoms with Gasteiger partial charge in [-0.05, 0) is 32.3 Å². The van der Waals surface area contributed by atoms with E-state index in [0.717, 1.165) is 24.8 Å². The molecule has 0 saturated heterocycles. The highest BCUT2D eigenvalue weighted by Gasteiger charge is 2.44. The smallest absolute Gasteiger partial charge is 0.293 e. The summed E-state index contributed by atoms with van der Waals surface area (Å²) in [5, 5.41) is 5.75. The van der Waals surface area contributed by atoms with E-state index >= 15 is 0 Å². The summed E-state index contributed by atoms with van der Waals surface area (Å²) in [6.07, 6.45) is 3.61. The molecule has 138 valence electrons. The van der Waals surface area contributed by atoms with Gasteiger partial charge in [-0.15, -0.1) is 0 Å². The maximum Gasteiger partial charge on any atom is 0.293 e. The van der Waals surface area contributed by atoms with E-state index in [1.807, 2.05) is 0 Å². The first-order valence-corrected chi connectivity index (χ1v) is 8.63. The number of nitrogens with one attached hydrogen (secondary N) is 3. The van der Waals surface area contributed by atoms with Gasteiger partial charge < -0.3 is 16.4 Å². The van der Waals surface area contributed by atoms with Gasteiger partial charge >= 0.3 is 0 Å². The standard InChI is InChI=1S/C15H17Cl2N7O2/c1-8(18)19-7-20-11(6-16)21-10-5-9(17)12-13(25)22-15(3-2-4-15)23-24(12)14(10)26/h5-7,21,23H,2-4H2,1H3,(H,22,25)(H2,18,19,20)/b11-6-. The van der Waals surface area contributed by atoms with E-state index < -0.39 is 17.1 Å². The van der Waals surface area contributed by atoms with Crippen molar-refractivity contribution in [1.29, 1.82) is 0 Å². The molecule has 2 aliphatic rings. The highest BCUT2D eigenvalue weighted by atomic mass is 35.5. The first-order valence-electron chi connectivity index (χ1n) is 7.81. The van der Waals surface area contributed by atoms with Crippen LogP contribution in [0.4, 0.5) is 5.69 Å². The number of hydrogen-bond acceptors (Lipinski definition) is 5. The number of carbonyl (C=O) groups is 1. The molecular formula is C15H17Cl2N7O2. The van der Waals surface area contributed by atoms with Crippen LogP contribution in [-0.4, -0.2) is 28.4 Å². The summed E-state index contributed by atoms with van der Waals surface area (Å²) in [6, 6.07) is 1.35. The lowest BCUT2D eigenvalue weighted by Gasteiger charge is -2.47. The number of amides is 1. The van der Waals surface area contributed by atoms with Crippen LogP contribution in [0.15, 0.2) is 32.2 Å². The normalized spacial score (nSPS) is 19.0. The summed E-state index contributed by atoms with van der Waals surface area (Å²) in [7, 11) is 0. The second-order valence-electron chi connectivity index (χ2n) is 6.03. The summed E-state index contributed by atoms with van der Waals surface area (Å²) < 4.78 is 1.17. The molecular weight excluding hydrogens is 381 g/mol. The monoisotopic (exact) mass is 397 g/mol. The Morgan fingerprint density at radius 2 is 2.19 bits per heavy atom. The molecule has 1 fully saturated rings. The van der Waals surface area contributed by atoms with Gasteiger partial charge in [-0.1, -0.05) is 23.2 Å². The molecule has 1 aliphatic carbocycles. The summed E-state index contributed by atoms with van der Waals surface area (Å²) in [5.74, 6) is 0.0839. The van der Waals surface area contributed by atoms with Crippen LogP contribution in [0.5, 0.6) is 0 Å². The van der Waals surface area contributed by atoms with Crippen molar-refractivity contribution in [2.45, 2.75) is 31.8 Å². The molecule has 2 heterocycles. The highest BCUT2D eigenvalue weighted by Crippen LogP contribution is 2.33. The van der Waals surface area contributed by atoms with Crippen LogP contribution in [0.1, 0.15) is 36.7 Å². The second kappa shape index (κ2) is 7.00. The van der Waals surface area contributed by atoms with E-state index in [1.54, 1.807) is 6.92 Å². The first kappa shape index (κ1) is 18.3. The third kappa shape index (κ3) is 3.40. The quantitative estimate of drug-likeness (QED) is 0.452. The summed E-state index contributed by atoms with van der Waals surface area (Å²) in [6.45, 7) is 1.60. The minimum atomic E-state index is -0.605. The number of rotatable bonds is 4. The molecule has 1 spiro atoms. The number of carbonyl (C=O) groups excluding carboxylic acids is 1. The minimum absolute atomic E-state index is 0.0583. The Morgan fingerprint density at radius 1 is 1.46 bits per heavy atom. The lowest BCUT2D eigenvalue weighted by molar-refractivity contribution is 0.0790. The Balaban J connectivity index is 1.95. The fourth-order valence-electron chi connectivity index (χ4n) is 2.69. The molecule has 1 saturated carbocycles. The molecule has 26 heavy (non-hydrogen) atoms. The molecule has 3 rings (SSSR count). The molecule has 9 nitrogen and oxygen atoms in total. The zero-order valence-corrected chi connectivity index (χ0v) is 15.4. The van der Waals surface area contributed by atoms with Gasteiger partial charge in [-0.2, -0.15) is 0 Å². The van der Waals surface area contributed by atoms with Gasteiger partial charge in [0.1, 0.15) is 29.2 Å². The van der Waals surface area contributed by atoms with E-state index in [1.165, 1.54) is 17.1 Å². The van der Waals surface area contributed by atoms with Crippen LogP contribution in [0.25, 0.3) is 0 Å². The predicted octanol–water partition coefficient (Wildman–Crippen LogP) is 1.52. The number of hydrogen-bond donors (Lipinski definition) is 4. The Morgan fingerprint density at radius 3 is 2.77 bits per heavy atom. The number of anilines is 1. The lowest BCUT2D eigenvalue weighted by Crippen LogP contribution is -2.67. The molecule has 0 bridgehead atoms. The first-order chi connectivity index (χ1) is 12.3. The molecule has 1 aliphatic heterocycles. The fourth-order valence-corrected chi connectivity index (χ4v) is 3.08. The summed E-state index contributed by atoms with van der Waals surface area (Å²) >= 11 is 11.9. The van der Waals surface area contributed by atoms with E-state index in [9.17, 15) is 9.59 Å². The van der Waals surface area contributed by atoms with Gasteiger partial charge in [-0.3, -0.25) is 15.0 Å². The van der Waals surface area contributed by atoms with Gasteiger partial charge in [0.05, 0.1) is 10.9 Å². The van der Waals surface area contributed by atoms with Crippen LogP contribution in [0.3, 0.4) is 0 Å². The maximum absolute atomic E-state index is 12.8. The topological polar surface area (TPSA) is 126 Å². The SMILES string of the molecule is C\C(N)=N/C=N\C(=C\Cl)Nc1cc(Cl)c2n(c1=O)NC1(CCC1)NC2=O. The molecule has 0 unspecified atom stereocenters. The van der Waals surface area contributed by atoms with Gasteiger partial charge in [0.25, 0.3) is 11.5 Å². The lowest BCUT2D eigenvalue weighted by atomic mass is 9.84. The zero-order chi connectivity index (χ0) is 18.9. The highest BCUT2D eigenvalue weighted by molar-refractivity contribution is 6.34. The average Bonchev–Trinajstić information content (AvgIpc) is 2.55. The van der Waals surface area contributed by atoms with Crippen molar-refractivity contribution in [2.75, 3.05) is 10.7 Å². The molecule has 0 radical (unpaired) electrons. The van der Waals surface area contributed by atoms with Crippen molar-refractivity contribution in [1.82, 2.24) is 9.99 Å². The number of amidine groups is 1. The van der Waals surface area contributed by atoms with E-state index in [-0.39, 0.29) is 22.2 Å². The Bertz CT molecular complexity index is 896.